The van der Waals surface area contributed by atoms with Gasteiger partial charge in [-0.05, 0) is 18.4 Å². The number of esters is 1. The molecule has 0 atom stereocenters. The third-order valence-electron chi connectivity index (χ3n) is 1.60. The molecule has 4 heteroatoms. The third kappa shape index (κ3) is 9.11. The van der Waals surface area contributed by atoms with Crippen LogP contribution in [0.2, 0.25) is 0 Å². The summed E-state index contributed by atoms with van der Waals surface area (Å²) >= 11 is 0. The van der Waals surface area contributed by atoms with E-state index < -0.39 is 5.97 Å². The predicted molar refractivity (Wildman–Crippen MR) is 73.0 cm³/mol. The Balaban J connectivity index is 0. The Morgan fingerprint density at radius 1 is 1.41 bits per heavy atom. The molecule has 0 saturated heterocycles. The van der Waals surface area contributed by atoms with Gasteiger partial charge in [0, 0.05) is 26.5 Å². The number of hydrogen-bond donors (Lipinski definition) is 0. The van der Waals surface area contributed by atoms with Crippen molar-refractivity contribution < 1.29 is 9.53 Å². The zero-order valence-corrected chi connectivity index (χ0v) is 11.3. The van der Waals surface area contributed by atoms with Crippen LogP contribution in [0, 0.1) is 0 Å². The van der Waals surface area contributed by atoms with Crippen molar-refractivity contribution in [3.8, 4) is 0 Å². The summed E-state index contributed by atoms with van der Waals surface area (Å²) in [6, 6.07) is 0. The molecule has 4 nitrogen and oxygen atoms in total. The molecule has 0 rings (SSSR count). The van der Waals surface area contributed by atoms with Gasteiger partial charge < -0.3 is 9.64 Å². The maximum Gasteiger partial charge on any atom is 0.337 e. The van der Waals surface area contributed by atoms with Gasteiger partial charge in [0.25, 0.3) is 0 Å². The molecule has 0 amide bonds. The normalized spacial score (nSPS) is 11.0. The number of hydrogen-bond acceptors (Lipinski definition) is 4. The van der Waals surface area contributed by atoms with Crippen LogP contribution in [0.25, 0.3) is 0 Å². The third-order valence-corrected chi connectivity index (χ3v) is 1.60. The molecule has 0 bridgehead atoms. The second-order valence-electron chi connectivity index (χ2n) is 2.68. The molecule has 0 aliphatic carbocycles. The van der Waals surface area contributed by atoms with Crippen LogP contribution in [0.1, 0.15) is 13.8 Å². The highest BCUT2D eigenvalue weighted by Crippen LogP contribution is 2.00. The number of carbonyl (C=O) groups excluding carboxylic acids is 1. The van der Waals surface area contributed by atoms with Gasteiger partial charge in [-0.15, -0.1) is 0 Å². The molecule has 0 spiro atoms. The Hall–Kier alpha value is -1.84. The van der Waals surface area contributed by atoms with E-state index in [1.165, 1.54) is 13.3 Å². The van der Waals surface area contributed by atoms with Crippen LogP contribution >= 0.6 is 0 Å². The zero-order valence-electron chi connectivity index (χ0n) is 11.3. The lowest BCUT2D eigenvalue weighted by atomic mass is 10.2. The molecule has 96 valence electrons. The Bertz CT molecular complexity index is 305. The fourth-order valence-corrected chi connectivity index (χ4v) is 0.723. The molecule has 0 fully saturated rings. The van der Waals surface area contributed by atoms with E-state index in [1.54, 1.807) is 36.5 Å². The Morgan fingerprint density at radius 2 is 2.00 bits per heavy atom. The highest BCUT2D eigenvalue weighted by molar-refractivity contribution is 5.96. The van der Waals surface area contributed by atoms with Crippen LogP contribution in [0.4, 0.5) is 0 Å². The minimum Gasteiger partial charge on any atom is -0.465 e. The van der Waals surface area contributed by atoms with Gasteiger partial charge in [0.1, 0.15) is 0 Å². The SMILES string of the molecule is C=CN(C)/C=C\C(=C/C=NC)C(=O)OC.CC. The van der Waals surface area contributed by atoms with E-state index in [0.29, 0.717) is 5.57 Å². The number of ether oxygens (including phenoxy) is 1. The number of rotatable bonds is 5. The van der Waals surface area contributed by atoms with Gasteiger partial charge >= 0.3 is 5.97 Å². The van der Waals surface area contributed by atoms with E-state index >= 15 is 0 Å². The summed E-state index contributed by atoms with van der Waals surface area (Å²) in [7, 11) is 4.78. The Labute approximate surface area is 104 Å². The average molecular weight is 238 g/mol. The minimum absolute atomic E-state index is 0.399. The van der Waals surface area contributed by atoms with E-state index in [-0.39, 0.29) is 0 Å². The van der Waals surface area contributed by atoms with Gasteiger partial charge in [-0.2, -0.15) is 0 Å². The molecule has 0 saturated carbocycles. The van der Waals surface area contributed by atoms with Crippen LogP contribution in [0.5, 0.6) is 0 Å². The van der Waals surface area contributed by atoms with E-state index in [4.69, 9.17) is 0 Å². The lowest BCUT2D eigenvalue weighted by molar-refractivity contribution is -0.135. The molecule has 0 aliphatic heterocycles. The topological polar surface area (TPSA) is 41.9 Å². The van der Waals surface area contributed by atoms with Crippen LogP contribution in [-0.4, -0.2) is 38.3 Å². The van der Waals surface area contributed by atoms with Gasteiger partial charge in [0.05, 0.1) is 12.7 Å². The van der Waals surface area contributed by atoms with Crippen molar-refractivity contribution in [3.05, 3.63) is 36.7 Å². The van der Waals surface area contributed by atoms with Crippen LogP contribution in [-0.2, 0) is 9.53 Å². The van der Waals surface area contributed by atoms with Gasteiger partial charge in [0.15, 0.2) is 0 Å². The molecule has 0 unspecified atom stereocenters. The van der Waals surface area contributed by atoms with E-state index in [1.807, 2.05) is 20.9 Å². The van der Waals surface area contributed by atoms with E-state index in [9.17, 15) is 4.79 Å². The Morgan fingerprint density at radius 3 is 2.41 bits per heavy atom. The van der Waals surface area contributed by atoms with E-state index in [0.717, 1.165) is 0 Å². The summed E-state index contributed by atoms with van der Waals surface area (Å²) in [5.41, 5.74) is 0.428. The minimum atomic E-state index is -0.399. The molecular formula is C13H22N2O2. The summed E-state index contributed by atoms with van der Waals surface area (Å²) in [5.74, 6) is -0.399. The first kappa shape index (κ1) is 17.6. The van der Waals surface area contributed by atoms with Crippen LogP contribution in [0.3, 0.4) is 0 Å². The molecule has 0 aromatic rings. The molecule has 0 aliphatic rings. The van der Waals surface area contributed by atoms with Crippen LogP contribution < -0.4 is 0 Å². The number of carbonyl (C=O) groups is 1. The quantitative estimate of drug-likeness (QED) is 0.320. The van der Waals surface area contributed by atoms with Crippen molar-refractivity contribution in [1.29, 1.82) is 0 Å². The molecular weight excluding hydrogens is 216 g/mol. The lowest BCUT2D eigenvalue weighted by Gasteiger charge is -2.05. The number of aliphatic imine (C=N–C) groups is 1. The standard InChI is InChI=1S/C11H16N2O2.C2H6/c1-5-13(3)9-7-10(6-8-12-2)11(14)15-4;1-2/h5-9H,1H2,2-4H3;1-2H3/b9-7-,10-6+,12-8?;. The summed E-state index contributed by atoms with van der Waals surface area (Å²) in [5, 5.41) is 0. The summed E-state index contributed by atoms with van der Waals surface area (Å²) in [6.07, 6.45) is 8.08. The highest BCUT2D eigenvalue weighted by atomic mass is 16.5. The average Bonchev–Trinajstić information content (AvgIpc) is 2.39. The van der Waals surface area contributed by atoms with Crippen molar-refractivity contribution >= 4 is 12.2 Å². The number of nitrogens with zero attached hydrogens (tertiary/aromatic N) is 2. The molecule has 0 aromatic carbocycles. The second kappa shape index (κ2) is 12.2. The zero-order chi connectivity index (χ0) is 13.7. The molecule has 0 aromatic heterocycles. The number of allylic oxidation sites excluding steroid dienone is 1. The van der Waals surface area contributed by atoms with Gasteiger partial charge in [-0.3, -0.25) is 4.99 Å². The number of methoxy groups -OCH3 is 1. The van der Waals surface area contributed by atoms with Gasteiger partial charge in [-0.1, -0.05) is 20.4 Å². The van der Waals surface area contributed by atoms with Gasteiger partial charge in [0.2, 0.25) is 0 Å². The highest BCUT2D eigenvalue weighted by Gasteiger charge is 2.04. The molecule has 0 N–H and O–H groups in total. The van der Waals surface area contributed by atoms with Crippen molar-refractivity contribution in [2.45, 2.75) is 13.8 Å². The fraction of sp³-hybridized carbons (Fsp3) is 0.385. The first-order valence-corrected chi connectivity index (χ1v) is 5.39. The summed E-state index contributed by atoms with van der Waals surface area (Å²) < 4.78 is 4.61. The van der Waals surface area contributed by atoms with Crippen molar-refractivity contribution in [3.63, 3.8) is 0 Å². The smallest absolute Gasteiger partial charge is 0.337 e. The maximum absolute atomic E-state index is 11.3. The second-order valence-corrected chi connectivity index (χ2v) is 2.68. The van der Waals surface area contributed by atoms with Crippen molar-refractivity contribution in [2.24, 2.45) is 4.99 Å². The monoisotopic (exact) mass is 238 g/mol. The predicted octanol–water partition coefficient (Wildman–Crippen LogP) is 2.40. The molecule has 0 heterocycles. The first-order valence-electron chi connectivity index (χ1n) is 5.39. The largest absolute Gasteiger partial charge is 0.465 e. The fourth-order valence-electron chi connectivity index (χ4n) is 0.723. The Kier molecular flexibility index (Phi) is 12.6. The summed E-state index contributed by atoms with van der Waals surface area (Å²) in [4.78, 5) is 16.8. The lowest BCUT2D eigenvalue weighted by Crippen LogP contribution is -2.05. The van der Waals surface area contributed by atoms with Crippen molar-refractivity contribution in [2.75, 3.05) is 21.2 Å². The summed E-state index contributed by atoms with van der Waals surface area (Å²) in [6.45, 7) is 7.58. The first-order chi connectivity index (χ1) is 8.15. The molecule has 0 radical (unpaired) electrons. The molecule has 17 heavy (non-hydrogen) atoms. The van der Waals surface area contributed by atoms with E-state index in [2.05, 4.69) is 16.3 Å². The van der Waals surface area contributed by atoms with Gasteiger partial charge in [-0.25, -0.2) is 4.79 Å². The van der Waals surface area contributed by atoms with Crippen molar-refractivity contribution in [1.82, 2.24) is 4.90 Å². The maximum atomic E-state index is 11.3. The van der Waals surface area contributed by atoms with Crippen LogP contribution in [0.15, 0.2) is 41.7 Å².